The molecular weight excluding hydrogens is 352 g/mol. The number of hydrogen-bond acceptors (Lipinski definition) is 6. The Balaban J connectivity index is 2.21. The molecule has 3 aromatic rings. The van der Waals surface area contributed by atoms with Crippen LogP contribution in [0.4, 0.5) is 11.4 Å². The Bertz CT molecular complexity index is 1170. The summed E-state index contributed by atoms with van der Waals surface area (Å²) in [5, 5.41) is 11.3. The van der Waals surface area contributed by atoms with Gasteiger partial charge in [0.15, 0.2) is 5.78 Å². The minimum absolute atomic E-state index is 0.146. The van der Waals surface area contributed by atoms with Crippen LogP contribution < -0.4 is 16.7 Å². The van der Waals surface area contributed by atoms with Crippen LogP contribution in [0, 0.1) is 10.1 Å². The standard InChI is InChI=1S/C18H14N4O5/c1-10(23)14-9-11-8-12(22(26)27)6-7-16(11)21(18(14)25)20-17(24)13-4-2-3-5-15(13)19/h2-9H,19H2,1H3,(H,20,24). The SMILES string of the molecule is CC(=O)c1cc2cc([N+](=O)[O-])ccc2n(NC(=O)c2ccccc2N)c1=O. The predicted octanol–water partition coefficient (Wildman–Crippen LogP) is 2.08. The molecule has 9 nitrogen and oxygen atoms in total. The summed E-state index contributed by atoms with van der Waals surface area (Å²) in [4.78, 5) is 47.4. The first kappa shape index (κ1) is 17.8. The fraction of sp³-hybridized carbons (Fsp3) is 0.0556. The van der Waals surface area contributed by atoms with Crippen molar-refractivity contribution in [2.75, 3.05) is 11.2 Å². The number of carbonyl (C=O) groups is 2. The summed E-state index contributed by atoms with van der Waals surface area (Å²) < 4.78 is 0.893. The van der Waals surface area contributed by atoms with Crippen molar-refractivity contribution in [1.82, 2.24) is 4.68 Å². The molecule has 3 rings (SSSR count). The van der Waals surface area contributed by atoms with E-state index in [1.165, 1.54) is 43.3 Å². The maximum atomic E-state index is 12.7. The number of benzene rings is 2. The Labute approximate surface area is 152 Å². The number of nitrogens with zero attached hydrogens (tertiary/aromatic N) is 2. The zero-order valence-corrected chi connectivity index (χ0v) is 14.1. The van der Waals surface area contributed by atoms with E-state index >= 15 is 0 Å². The first-order valence-corrected chi connectivity index (χ1v) is 7.80. The lowest BCUT2D eigenvalue weighted by Crippen LogP contribution is -2.36. The second kappa shape index (κ2) is 6.71. The molecule has 0 unspecified atom stereocenters. The van der Waals surface area contributed by atoms with Crippen LogP contribution in [0.2, 0.25) is 0 Å². The van der Waals surface area contributed by atoms with Crippen LogP contribution in [0.5, 0.6) is 0 Å². The van der Waals surface area contributed by atoms with Gasteiger partial charge in [-0.2, -0.15) is 0 Å². The summed E-state index contributed by atoms with van der Waals surface area (Å²) in [6.45, 7) is 1.20. The number of carbonyl (C=O) groups excluding carboxylic acids is 2. The monoisotopic (exact) mass is 366 g/mol. The topological polar surface area (TPSA) is 137 Å². The third kappa shape index (κ3) is 3.25. The molecule has 1 aromatic heterocycles. The highest BCUT2D eigenvalue weighted by Crippen LogP contribution is 2.21. The second-order valence-corrected chi connectivity index (χ2v) is 5.78. The molecule has 0 radical (unpaired) electrons. The molecule has 0 spiro atoms. The predicted molar refractivity (Wildman–Crippen MR) is 99.4 cm³/mol. The maximum Gasteiger partial charge on any atom is 0.280 e. The van der Waals surface area contributed by atoms with Crippen molar-refractivity contribution in [2.24, 2.45) is 0 Å². The minimum Gasteiger partial charge on any atom is -0.398 e. The molecule has 0 bridgehead atoms. The van der Waals surface area contributed by atoms with Crippen LogP contribution in [0.3, 0.4) is 0 Å². The van der Waals surface area contributed by atoms with Crippen molar-refractivity contribution >= 4 is 34.0 Å². The number of aromatic nitrogens is 1. The summed E-state index contributed by atoms with van der Waals surface area (Å²) >= 11 is 0. The third-order valence-electron chi connectivity index (χ3n) is 3.99. The van der Waals surface area contributed by atoms with Crippen LogP contribution in [-0.4, -0.2) is 21.3 Å². The molecular formula is C18H14N4O5. The Morgan fingerprint density at radius 2 is 1.81 bits per heavy atom. The first-order chi connectivity index (χ1) is 12.8. The molecule has 1 amide bonds. The maximum absolute atomic E-state index is 12.7. The number of nitrogen functional groups attached to an aromatic ring is 1. The highest BCUT2D eigenvalue weighted by molar-refractivity contribution is 6.05. The molecule has 0 fully saturated rings. The third-order valence-corrected chi connectivity index (χ3v) is 3.99. The number of nitrogens with two attached hydrogens (primary N) is 1. The number of para-hydroxylation sites is 1. The van der Waals surface area contributed by atoms with Gasteiger partial charge in [-0.1, -0.05) is 12.1 Å². The smallest absolute Gasteiger partial charge is 0.280 e. The lowest BCUT2D eigenvalue weighted by Gasteiger charge is -2.14. The summed E-state index contributed by atoms with van der Waals surface area (Å²) in [5.74, 6) is -1.19. The number of rotatable bonds is 4. The number of amides is 1. The van der Waals surface area contributed by atoms with E-state index in [1.54, 1.807) is 12.1 Å². The van der Waals surface area contributed by atoms with E-state index in [1.807, 2.05) is 0 Å². The van der Waals surface area contributed by atoms with Gasteiger partial charge in [0.25, 0.3) is 17.2 Å². The van der Waals surface area contributed by atoms with E-state index in [0.717, 1.165) is 4.68 Å². The molecule has 1 heterocycles. The molecule has 0 saturated carbocycles. The number of ketones is 1. The molecule has 2 aromatic carbocycles. The number of non-ortho nitro benzene ring substituents is 1. The highest BCUT2D eigenvalue weighted by Gasteiger charge is 2.18. The molecule has 136 valence electrons. The van der Waals surface area contributed by atoms with E-state index in [9.17, 15) is 24.5 Å². The molecule has 0 aliphatic heterocycles. The molecule has 0 aliphatic carbocycles. The number of Topliss-reactive ketones (excluding diaryl/α,β-unsaturated/α-hetero) is 1. The average molecular weight is 366 g/mol. The molecule has 9 heteroatoms. The van der Waals surface area contributed by atoms with Crippen LogP contribution in [0.1, 0.15) is 27.6 Å². The van der Waals surface area contributed by atoms with Gasteiger partial charge in [-0.25, -0.2) is 4.68 Å². The van der Waals surface area contributed by atoms with E-state index in [0.29, 0.717) is 0 Å². The van der Waals surface area contributed by atoms with Gasteiger partial charge in [0.2, 0.25) is 0 Å². The van der Waals surface area contributed by atoms with Crippen LogP contribution in [-0.2, 0) is 0 Å². The summed E-state index contributed by atoms with van der Waals surface area (Å²) in [6.07, 6.45) is 0. The molecule has 27 heavy (non-hydrogen) atoms. The van der Waals surface area contributed by atoms with Gasteiger partial charge in [0.05, 0.1) is 21.6 Å². The summed E-state index contributed by atoms with van der Waals surface area (Å²) in [6, 6.07) is 11.3. The van der Waals surface area contributed by atoms with Gasteiger partial charge >= 0.3 is 0 Å². The van der Waals surface area contributed by atoms with Crippen molar-refractivity contribution in [3.63, 3.8) is 0 Å². The van der Waals surface area contributed by atoms with Crippen LogP contribution in [0.15, 0.2) is 53.3 Å². The Morgan fingerprint density at radius 1 is 1.11 bits per heavy atom. The van der Waals surface area contributed by atoms with E-state index in [4.69, 9.17) is 5.73 Å². The van der Waals surface area contributed by atoms with E-state index in [-0.39, 0.29) is 33.4 Å². The van der Waals surface area contributed by atoms with Crippen molar-refractivity contribution in [3.05, 3.63) is 80.1 Å². The molecule has 3 N–H and O–H groups in total. The van der Waals surface area contributed by atoms with Gasteiger partial charge in [-0.3, -0.25) is 29.9 Å². The van der Waals surface area contributed by atoms with Gasteiger partial charge in [0, 0.05) is 23.2 Å². The summed E-state index contributed by atoms with van der Waals surface area (Å²) in [5.41, 5.74) is 7.61. The Kier molecular flexibility index (Phi) is 4.43. The normalized spacial score (nSPS) is 10.6. The lowest BCUT2D eigenvalue weighted by molar-refractivity contribution is -0.384. The first-order valence-electron chi connectivity index (χ1n) is 7.80. The second-order valence-electron chi connectivity index (χ2n) is 5.78. The number of anilines is 1. The quantitative estimate of drug-likeness (QED) is 0.314. The molecule has 0 aliphatic rings. The average Bonchev–Trinajstić information content (AvgIpc) is 2.63. The number of pyridine rings is 1. The van der Waals surface area contributed by atoms with Gasteiger partial charge in [-0.05, 0) is 31.2 Å². The van der Waals surface area contributed by atoms with E-state index < -0.39 is 22.2 Å². The lowest BCUT2D eigenvalue weighted by atomic mass is 10.1. The Hall–Kier alpha value is -4.01. The highest BCUT2D eigenvalue weighted by atomic mass is 16.6. The number of fused-ring (bicyclic) bond motifs is 1. The zero-order valence-electron chi connectivity index (χ0n) is 14.1. The van der Waals surface area contributed by atoms with E-state index in [2.05, 4.69) is 5.43 Å². The van der Waals surface area contributed by atoms with Crippen LogP contribution >= 0.6 is 0 Å². The largest absolute Gasteiger partial charge is 0.398 e. The van der Waals surface area contributed by atoms with Crippen molar-refractivity contribution in [1.29, 1.82) is 0 Å². The zero-order chi connectivity index (χ0) is 19.7. The van der Waals surface area contributed by atoms with Crippen molar-refractivity contribution < 1.29 is 14.5 Å². The molecule has 0 atom stereocenters. The fourth-order valence-corrected chi connectivity index (χ4v) is 2.65. The number of nitrogens with one attached hydrogen (secondary N) is 1. The van der Waals surface area contributed by atoms with Crippen molar-refractivity contribution in [2.45, 2.75) is 6.92 Å². The summed E-state index contributed by atoms with van der Waals surface area (Å²) in [7, 11) is 0. The van der Waals surface area contributed by atoms with Crippen molar-refractivity contribution in [3.8, 4) is 0 Å². The number of nitro benzene ring substituents is 1. The number of hydrogen-bond donors (Lipinski definition) is 2. The minimum atomic E-state index is -0.744. The fourth-order valence-electron chi connectivity index (χ4n) is 2.65. The van der Waals surface area contributed by atoms with Gasteiger partial charge < -0.3 is 5.73 Å². The number of nitro groups is 1. The molecule has 0 saturated heterocycles. The van der Waals surface area contributed by atoms with Gasteiger partial charge in [0.1, 0.15) is 0 Å². The van der Waals surface area contributed by atoms with Crippen LogP contribution in [0.25, 0.3) is 10.9 Å². The van der Waals surface area contributed by atoms with Gasteiger partial charge in [-0.15, -0.1) is 0 Å². The Morgan fingerprint density at radius 3 is 2.44 bits per heavy atom.